The lowest BCUT2D eigenvalue weighted by atomic mass is 10.0. The van der Waals surface area contributed by atoms with Crippen molar-refractivity contribution in [1.29, 1.82) is 0 Å². The van der Waals surface area contributed by atoms with E-state index in [9.17, 15) is 18.0 Å². The molecule has 0 saturated heterocycles. The molecular formula is C19H23ClF3N3O3. The van der Waals surface area contributed by atoms with Gasteiger partial charge in [0.25, 0.3) is 0 Å². The second-order valence-corrected chi connectivity index (χ2v) is 8.54. The molecule has 1 aromatic heterocycles. The van der Waals surface area contributed by atoms with Crippen LogP contribution in [0.5, 0.6) is 0 Å². The molecule has 2 aliphatic rings. The number of ether oxygens (including phenoxy) is 2. The SMILES string of the molecule is CC(C)(C)OC(=O)c1ccc(N2C=C(OCCC3(C(F)(F)F)CC3)CN2)nc1Cl. The Labute approximate surface area is 172 Å². The van der Waals surface area contributed by atoms with E-state index in [1.54, 1.807) is 33.0 Å². The third-order valence-electron chi connectivity index (χ3n) is 4.72. The topological polar surface area (TPSA) is 63.7 Å². The average Bonchev–Trinajstić information content (AvgIpc) is 3.23. The van der Waals surface area contributed by atoms with Gasteiger partial charge in [0.05, 0.1) is 30.3 Å². The summed E-state index contributed by atoms with van der Waals surface area (Å²) in [6, 6.07) is 3.09. The number of esters is 1. The fraction of sp³-hybridized carbons (Fsp3) is 0.579. The van der Waals surface area contributed by atoms with Gasteiger partial charge in [0.15, 0.2) is 0 Å². The lowest BCUT2D eigenvalue weighted by Gasteiger charge is -2.20. The fourth-order valence-electron chi connectivity index (χ4n) is 2.88. The Morgan fingerprint density at radius 1 is 1.31 bits per heavy atom. The van der Waals surface area contributed by atoms with Crippen LogP contribution in [0.1, 0.15) is 50.4 Å². The van der Waals surface area contributed by atoms with Gasteiger partial charge in [0.2, 0.25) is 0 Å². The van der Waals surface area contributed by atoms with E-state index in [4.69, 9.17) is 21.1 Å². The summed E-state index contributed by atoms with van der Waals surface area (Å²) in [5.41, 5.74) is 0.898. The van der Waals surface area contributed by atoms with Gasteiger partial charge in [-0.3, -0.25) is 5.01 Å². The standard InChI is InChI=1S/C19H23ClF3N3O3/c1-17(2,3)29-16(27)13-4-5-14(25-15(13)20)26-11-12(10-24-26)28-9-8-18(6-7-18)19(21,22)23/h4-5,11,24H,6-10H2,1-3H3. The van der Waals surface area contributed by atoms with Crippen LogP contribution in [0, 0.1) is 5.41 Å². The van der Waals surface area contributed by atoms with Crippen molar-refractivity contribution < 1.29 is 27.4 Å². The van der Waals surface area contributed by atoms with Gasteiger partial charge in [0.1, 0.15) is 22.3 Å². The van der Waals surface area contributed by atoms with Crippen LogP contribution in [-0.4, -0.2) is 35.9 Å². The number of carbonyl (C=O) groups is 1. The van der Waals surface area contributed by atoms with Crippen LogP contribution in [0.15, 0.2) is 24.1 Å². The number of rotatable bonds is 6. The Balaban J connectivity index is 1.58. The Morgan fingerprint density at radius 3 is 2.55 bits per heavy atom. The van der Waals surface area contributed by atoms with Crippen LogP contribution < -0.4 is 10.4 Å². The van der Waals surface area contributed by atoms with E-state index in [1.807, 2.05) is 0 Å². The number of halogens is 4. The predicted octanol–water partition coefficient (Wildman–Crippen LogP) is 4.61. The van der Waals surface area contributed by atoms with E-state index in [0.29, 0.717) is 18.1 Å². The molecule has 160 valence electrons. The zero-order chi connectivity index (χ0) is 21.4. The van der Waals surface area contributed by atoms with Crippen molar-refractivity contribution in [3.05, 3.63) is 34.8 Å². The smallest absolute Gasteiger partial charge is 0.394 e. The molecule has 1 aliphatic heterocycles. The molecule has 2 heterocycles. The number of hydrogen-bond donors (Lipinski definition) is 1. The maximum atomic E-state index is 13.0. The first kappa shape index (κ1) is 21.7. The Kier molecular flexibility index (Phi) is 5.75. The molecule has 0 spiro atoms. The molecule has 0 bridgehead atoms. The number of nitrogens with zero attached hydrogens (tertiary/aromatic N) is 2. The maximum Gasteiger partial charge on any atom is 0.394 e. The second-order valence-electron chi connectivity index (χ2n) is 8.19. The van der Waals surface area contributed by atoms with Gasteiger partial charge in [-0.15, -0.1) is 0 Å². The van der Waals surface area contributed by atoms with Gasteiger partial charge >= 0.3 is 12.1 Å². The number of pyridine rings is 1. The molecule has 29 heavy (non-hydrogen) atoms. The highest BCUT2D eigenvalue weighted by atomic mass is 35.5. The Bertz CT molecular complexity index is 817. The molecule has 0 unspecified atom stereocenters. The Hall–Kier alpha value is -2.00. The molecule has 1 fully saturated rings. The molecule has 3 rings (SSSR count). The summed E-state index contributed by atoms with van der Waals surface area (Å²) in [7, 11) is 0. The quantitative estimate of drug-likeness (QED) is 0.522. The van der Waals surface area contributed by atoms with E-state index < -0.39 is 23.2 Å². The van der Waals surface area contributed by atoms with Crippen molar-refractivity contribution in [2.75, 3.05) is 18.2 Å². The molecule has 0 aromatic carbocycles. The second kappa shape index (κ2) is 7.68. The molecule has 1 aliphatic carbocycles. The summed E-state index contributed by atoms with van der Waals surface area (Å²) in [5.74, 6) is 0.334. The lowest BCUT2D eigenvalue weighted by molar-refractivity contribution is -0.191. The predicted molar refractivity (Wildman–Crippen MR) is 101 cm³/mol. The van der Waals surface area contributed by atoms with Crippen LogP contribution in [0.4, 0.5) is 19.0 Å². The highest BCUT2D eigenvalue weighted by Crippen LogP contribution is 2.59. The van der Waals surface area contributed by atoms with Gasteiger partial charge < -0.3 is 9.47 Å². The molecule has 10 heteroatoms. The van der Waals surface area contributed by atoms with Crippen LogP contribution >= 0.6 is 11.6 Å². The van der Waals surface area contributed by atoms with Gasteiger partial charge in [-0.25, -0.2) is 15.2 Å². The number of hydrazine groups is 1. The first-order valence-electron chi connectivity index (χ1n) is 9.23. The molecule has 0 atom stereocenters. The first-order valence-corrected chi connectivity index (χ1v) is 9.61. The lowest BCUT2D eigenvalue weighted by Crippen LogP contribution is -2.29. The van der Waals surface area contributed by atoms with Crippen LogP contribution in [0.3, 0.4) is 0 Å². The average molecular weight is 434 g/mol. The van der Waals surface area contributed by atoms with E-state index in [0.717, 1.165) is 0 Å². The van der Waals surface area contributed by atoms with Crippen molar-refractivity contribution in [2.24, 2.45) is 5.41 Å². The van der Waals surface area contributed by atoms with Crippen molar-refractivity contribution in [2.45, 2.75) is 51.8 Å². The molecule has 1 saturated carbocycles. The molecule has 6 nitrogen and oxygen atoms in total. The van der Waals surface area contributed by atoms with Crippen molar-refractivity contribution >= 4 is 23.4 Å². The van der Waals surface area contributed by atoms with E-state index >= 15 is 0 Å². The normalized spacial score (nSPS) is 18.4. The summed E-state index contributed by atoms with van der Waals surface area (Å²) in [6.07, 6.45) is -2.31. The maximum absolute atomic E-state index is 13.0. The highest BCUT2D eigenvalue weighted by molar-refractivity contribution is 6.32. The zero-order valence-electron chi connectivity index (χ0n) is 16.4. The summed E-state index contributed by atoms with van der Waals surface area (Å²) in [6.45, 7) is 5.56. The molecule has 0 radical (unpaired) electrons. The molecular weight excluding hydrogens is 411 g/mol. The summed E-state index contributed by atoms with van der Waals surface area (Å²) in [5, 5.41) is 1.53. The molecule has 1 aromatic rings. The summed E-state index contributed by atoms with van der Waals surface area (Å²) in [4.78, 5) is 16.3. The zero-order valence-corrected chi connectivity index (χ0v) is 17.2. The van der Waals surface area contributed by atoms with Gasteiger partial charge in [-0.05, 0) is 52.2 Å². The number of anilines is 1. The molecule has 1 N–H and O–H groups in total. The third-order valence-corrected chi connectivity index (χ3v) is 5.01. The van der Waals surface area contributed by atoms with Gasteiger partial charge in [-0.2, -0.15) is 13.2 Å². The number of nitrogens with one attached hydrogen (secondary N) is 1. The summed E-state index contributed by atoms with van der Waals surface area (Å²) < 4.78 is 49.6. The monoisotopic (exact) mass is 433 g/mol. The van der Waals surface area contributed by atoms with E-state index in [1.165, 1.54) is 11.1 Å². The number of carbonyl (C=O) groups excluding carboxylic acids is 1. The largest absolute Gasteiger partial charge is 0.495 e. The Morgan fingerprint density at radius 2 is 2.00 bits per heavy atom. The van der Waals surface area contributed by atoms with E-state index in [2.05, 4.69) is 10.4 Å². The van der Waals surface area contributed by atoms with Crippen LogP contribution in [0.25, 0.3) is 0 Å². The number of hydrogen-bond acceptors (Lipinski definition) is 6. The van der Waals surface area contributed by atoms with Crippen LogP contribution in [-0.2, 0) is 9.47 Å². The molecule has 0 amide bonds. The van der Waals surface area contributed by atoms with Gasteiger partial charge in [0, 0.05) is 0 Å². The number of alkyl halides is 3. The van der Waals surface area contributed by atoms with Crippen LogP contribution in [0.2, 0.25) is 5.15 Å². The minimum atomic E-state index is -4.18. The highest BCUT2D eigenvalue weighted by Gasteiger charge is 2.62. The van der Waals surface area contributed by atoms with Gasteiger partial charge in [-0.1, -0.05) is 11.6 Å². The minimum absolute atomic E-state index is 0.00731. The van der Waals surface area contributed by atoms with Crippen molar-refractivity contribution in [1.82, 2.24) is 10.4 Å². The number of aromatic nitrogens is 1. The van der Waals surface area contributed by atoms with E-state index in [-0.39, 0.29) is 36.6 Å². The minimum Gasteiger partial charge on any atom is -0.495 e. The summed E-state index contributed by atoms with van der Waals surface area (Å²) >= 11 is 6.13. The third kappa shape index (κ3) is 5.14. The first-order chi connectivity index (χ1) is 13.4. The van der Waals surface area contributed by atoms with Crippen molar-refractivity contribution in [3.8, 4) is 0 Å². The fourth-order valence-corrected chi connectivity index (χ4v) is 3.11. The van der Waals surface area contributed by atoms with Crippen molar-refractivity contribution in [3.63, 3.8) is 0 Å².